The molecule has 0 aromatic carbocycles. The van der Waals surface area contributed by atoms with Crippen molar-refractivity contribution in [1.82, 2.24) is 0 Å². The number of hydrogen-bond donors (Lipinski definition) is 0. The van der Waals surface area contributed by atoms with E-state index in [1.54, 1.807) is 11.8 Å². The fourth-order valence-corrected chi connectivity index (χ4v) is 1.56. The van der Waals surface area contributed by atoms with E-state index in [4.69, 9.17) is 0 Å². The Bertz CT molecular complexity index is 179. The maximum Gasteiger partial charge on any atom is 0.331 e. The molecule has 10 heavy (non-hydrogen) atoms. The van der Waals surface area contributed by atoms with Gasteiger partial charge >= 0.3 is 5.97 Å². The number of methoxy groups -OCH3 is 1. The molecule has 0 aliphatic carbocycles. The monoisotopic (exact) mass is 159 g/mol. The summed E-state index contributed by atoms with van der Waals surface area (Å²) in [5.41, 5.74) is 0. The topological polar surface area (TPSA) is 38.7 Å². The number of ether oxygens (including phenoxy) is 1. The summed E-state index contributed by atoms with van der Waals surface area (Å²) in [5.74, 6) is 0.503. The minimum atomic E-state index is -0.255. The van der Waals surface area contributed by atoms with Crippen molar-refractivity contribution < 1.29 is 9.53 Å². The molecule has 0 N–H and O–H groups in total. The predicted octanol–water partition coefficient (Wildman–Crippen LogP) is 0.693. The zero-order chi connectivity index (χ0) is 7.56. The first-order valence-electron chi connectivity index (χ1n) is 2.99. The second-order valence-corrected chi connectivity index (χ2v) is 3.21. The molecular formula is C6H9NO2S. The van der Waals surface area contributed by atoms with Crippen LogP contribution in [0, 0.1) is 0 Å². The van der Waals surface area contributed by atoms with Gasteiger partial charge in [-0.15, -0.1) is 11.8 Å². The average molecular weight is 159 g/mol. The summed E-state index contributed by atoms with van der Waals surface area (Å²) in [4.78, 5) is 14.9. The van der Waals surface area contributed by atoms with Crippen LogP contribution in [0.15, 0.2) is 4.99 Å². The fourth-order valence-electron chi connectivity index (χ4n) is 0.750. The Morgan fingerprint density at radius 2 is 2.60 bits per heavy atom. The van der Waals surface area contributed by atoms with Crippen molar-refractivity contribution in [3.8, 4) is 0 Å². The summed E-state index contributed by atoms with van der Waals surface area (Å²) in [7, 11) is 1.39. The highest BCUT2D eigenvalue weighted by Crippen LogP contribution is 2.17. The Balaban J connectivity index is 2.52. The van der Waals surface area contributed by atoms with Gasteiger partial charge in [0.15, 0.2) is 6.04 Å². The average Bonchev–Trinajstić information content (AvgIpc) is 2.34. The van der Waals surface area contributed by atoms with Crippen molar-refractivity contribution in [3.05, 3.63) is 0 Å². The predicted molar refractivity (Wildman–Crippen MR) is 41.4 cm³/mol. The van der Waals surface area contributed by atoms with E-state index in [-0.39, 0.29) is 12.0 Å². The molecule has 0 bridgehead atoms. The summed E-state index contributed by atoms with van der Waals surface area (Å²) in [6.45, 7) is 1.90. The molecular weight excluding hydrogens is 150 g/mol. The van der Waals surface area contributed by atoms with Crippen molar-refractivity contribution in [2.75, 3.05) is 12.9 Å². The first-order valence-corrected chi connectivity index (χ1v) is 3.97. The number of hydrogen-bond acceptors (Lipinski definition) is 4. The van der Waals surface area contributed by atoms with Crippen molar-refractivity contribution in [3.63, 3.8) is 0 Å². The second-order valence-electron chi connectivity index (χ2n) is 2.00. The van der Waals surface area contributed by atoms with E-state index in [0.717, 1.165) is 10.8 Å². The molecule has 0 unspecified atom stereocenters. The highest BCUT2D eigenvalue weighted by Gasteiger charge is 2.23. The van der Waals surface area contributed by atoms with Crippen LogP contribution in [0.5, 0.6) is 0 Å². The van der Waals surface area contributed by atoms with Crippen LogP contribution in [0.1, 0.15) is 6.92 Å². The van der Waals surface area contributed by atoms with Crippen molar-refractivity contribution >= 4 is 22.8 Å². The van der Waals surface area contributed by atoms with Crippen LogP contribution in [-0.2, 0) is 9.53 Å². The van der Waals surface area contributed by atoms with Crippen molar-refractivity contribution in [2.45, 2.75) is 13.0 Å². The van der Waals surface area contributed by atoms with E-state index in [1.807, 2.05) is 6.92 Å². The Hall–Kier alpha value is -0.510. The third-order valence-corrected chi connectivity index (χ3v) is 2.27. The Morgan fingerprint density at radius 1 is 1.90 bits per heavy atom. The molecule has 0 fully saturated rings. The van der Waals surface area contributed by atoms with Crippen LogP contribution in [-0.4, -0.2) is 29.9 Å². The van der Waals surface area contributed by atoms with Crippen molar-refractivity contribution in [1.29, 1.82) is 0 Å². The lowest BCUT2D eigenvalue weighted by molar-refractivity contribution is -0.141. The van der Waals surface area contributed by atoms with Gasteiger partial charge in [-0.05, 0) is 6.92 Å². The molecule has 0 saturated heterocycles. The summed E-state index contributed by atoms with van der Waals surface area (Å²) in [6, 6.07) is -0.255. The quantitative estimate of drug-likeness (QED) is 0.528. The zero-order valence-corrected chi connectivity index (χ0v) is 6.77. The maximum atomic E-state index is 10.8. The highest BCUT2D eigenvalue weighted by molar-refractivity contribution is 8.14. The number of rotatable bonds is 1. The number of carbonyl (C=O) groups is 1. The normalized spacial score (nSPS) is 24.2. The molecule has 1 heterocycles. The van der Waals surface area contributed by atoms with Crippen LogP contribution in [0.4, 0.5) is 0 Å². The number of thioether (sulfide) groups is 1. The molecule has 56 valence electrons. The Labute approximate surface area is 63.9 Å². The van der Waals surface area contributed by atoms with Crippen LogP contribution >= 0.6 is 11.8 Å². The number of nitrogens with zero attached hydrogens (tertiary/aromatic N) is 1. The molecule has 1 aliphatic rings. The van der Waals surface area contributed by atoms with E-state index in [9.17, 15) is 4.79 Å². The van der Waals surface area contributed by atoms with Gasteiger partial charge in [-0.25, -0.2) is 4.79 Å². The summed E-state index contributed by atoms with van der Waals surface area (Å²) < 4.78 is 4.52. The third-order valence-electron chi connectivity index (χ3n) is 1.26. The zero-order valence-electron chi connectivity index (χ0n) is 5.96. The van der Waals surface area contributed by atoms with Gasteiger partial charge in [0.05, 0.1) is 12.2 Å². The largest absolute Gasteiger partial charge is 0.467 e. The SMILES string of the molecule is COC(=O)[C@H]1CSC(C)=N1. The van der Waals surface area contributed by atoms with Gasteiger partial charge in [-0.3, -0.25) is 4.99 Å². The molecule has 1 rings (SSSR count). The minimum Gasteiger partial charge on any atom is -0.467 e. The smallest absolute Gasteiger partial charge is 0.331 e. The van der Waals surface area contributed by atoms with Gasteiger partial charge in [0.2, 0.25) is 0 Å². The molecule has 3 nitrogen and oxygen atoms in total. The van der Waals surface area contributed by atoms with Crippen molar-refractivity contribution in [2.24, 2.45) is 4.99 Å². The van der Waals surface area contributed by atoms with E-state index in [0.29, 0.717) is 0 Å². The molecule has 1 atom stereocenters. The third kappa shape index (κ3) is 1.50. The second kappa shape index (κ2) is 3.05. The molecule has 0 saturated carbocycles. The van der Waals surface area contributed by atoms with E-state index in [1.165, 1.54) is 7.11 Å². The Morgan fingerprint density at radius 3 is 3.00 bits per heavy atom. The molecule has 0 aromatic heterocycles. The van der Waals surface area contributed by atoms with Gasteiger partial charge in [-0.1, -0.05) is 0 Å². The van der Waals surface area contributed by atoms with Crippen LogP contribution in [0.2, 0.25) is 0 Å². The lowest BCUT2D eigenvalue weighted by Gasteiger charge is -2.00. The lowest BCUT2D eigenvalue weighted by atomic mass is 10.4. The summed E-state index contributed by atoms with van der Waals surface area (Å²) in [6.07, 6.45) is 0. The van der Waals surface area contributed by atoms with Gasteiger partial charge in [-0.2, -0.15) is 0 Å². The van der Waals surface area contributed by atoms with Gasteiger partial charge < -0.3 is 4.74 Å². The van der Waals surface area contributed by atoms with Gasteiger partial charge in [0, 0.05) is 5.75 Å². The summed E-state index contributed by atoms with van der Waals surface area (Å²) >= 11 is 1.60. The fraction of sp³-hybridized carbons (Fsp3) is 0.667. The maximum absolute atomic E-state index is 10.8. The van der Waals surface area contributed by atoms with Gasteiger partial charge in [0.25, 0.3) is 0 Å². The van der Waals surface area contributed by atoms with Crippen LogP contribution in [0.25, 0.3) is 0 Å². The van der Waals surface area contributed by atoms with E-state index >= 15 is 0 Å². The first-order chi connectivity index (χ1) is 4.74. The number of aliphatic imine (C=N–C) groups is 1. The molecule has 1 aliphatic heterocycles. The number of esters is 1. The molecule has 0 spiro atoms. The molecule has 0 amide bonds. The molecule has 0 aromatic rings. The van der Waals surface area contributed by atoms with E-state index in [2.05, 4.69) is 9.73 Å². The highest BCUT2D eigenvalue weighted by atomic mass is 32.2. The van der Waals surface area contributed by atoms with Crippen LogP contribution < -0.4 is 0 Å². The van der Waals surface area contributed by atoms with Gasteiger partial charge in [0.1, 0.15) is 0 Å². The van der Waals surface area contributed by atoms with E-state index < -0.39 is 0 Å². The first kappa shape index (κ1) is 7.60. The number of carbonyl (C=O) groups excluding carboxylic acids is 1. The standard InChI is InChI=1S/C6H9NO2S/c1-4-7-5(3-10-4)6(8)9-2/h5H,3H2,1-2H3/t5-/m1/s1. The molecule has 0 radical (unpaired) electrons. The Kier molecular flexibility index (Phi) is 2.32. The van der Waals surface area contributed by atoms with Crippen LogP contribution in [0.3, 0.4) is 0 Å². The lowest BCUT2D eigenvalue weighted by Crippen LogP contribution is -2.19. The molecule has 4 heteroatoms. The minimum absolute atomic E-state index is 0.232. The summed E-state index contributed by atoms with van der Waals surface area (Å²) in [5, 5.41) is 0.968.